The Bertz CT molecular complexity index is 496. The van der Waals surface area contributed by atoms with Gasteiger partial charge in [0, 0.05) is 40.3 Å². The number of hydrogen-bond donors (Lipinski definition) is 1. The van der Waals surface area contributed by atoms with E-state index in [2.05, 4.69) is 10.2 Å². The van der Waals surface area contributed by atoms with Gasteiger partial charge in [-0.25, -0.2) is 0 Å². The maximum atomic E-state index is 11.9. The molecule has 1 saturated heterocycles. The van der Waals surface area contributed by atoms with Crippen molar-refractivity contribution in [3.05, 3.63) is 28.8 Å². The number of hydrogen-bond acceptors (Lipinski definition) is 4. The number of carbonyl (C=O) groups is 1. The Hall–Kier alpha value is -1.30. The van der Waals surface area contributed by atoms with Crippen molar-refractivity contribution in [2.75, 3.05) is 51.8 Å². The second kappa shape index (κ2) is 7.64. The third-order valence-corrected chi connectivity index (χ3v) is 3.95. The highest BCUT2D eigenvalue weighted by Gasteiger charge is 2.24. The van der Waals surface area contributed by atoms with Gasteiger partial charge in [-0.05, 0) is 11.6 Å². The molecular formula is C15H22ClN3O2. The zero-order valence-electron chi connectivity index (χ0n) is 12.6. The predicted octanol–water partition coefficient (Wildman–Crippen LogP) is 1.35. The van der Waals surface area contributed by atoms with Crippen LogP contribution in [0, 0.1) is 0 Å². The molecule has 6 heteroatoms. The third kappa shape index (κ3) is 4.09. The largest absolute Gasteiger partial charge is 0.383 e. The molecule has 0 atom stereocenters. The lowest BCUT2D eigenvalue weighted by Gasteiger charge is -2.35. The van der Waals surface area contributed by atoms with E-state index in [1.54, 1.807) is 12.0 Å². The lowest BCUT2D eigenvalue weighted by molar-refractivity contribution is -0.129. The van der Waals surface area contributed by atoms with Crippen LogP contribution in [0.1, 0.15) is 5.56 Å². The van der Waals surface area contributed by atoms with E-state index < -0.39 is 0 Å². The number of para-hydroxylation sites is 1. The topological polar surface area (TPSA) is 44.8 Å². The number of methoxy groups -OCH3 is 1. The second-order valence-corrected chi connectivity index (χ2v) is 5.56. The van der Waals surface area contributed by atoms with Crippen LogP contribution in [0.15, 0.2) is 18.2 Å². The Labute approximate surface area is 130 Å². The zero-order chi connectivity index (χ0) is 15.2. The van der Waals surface area contributed by atoms with Crippen molar-refractivity contribution >= 4 is 23.2 Å². The number of likely N-dealkylation sites (N-methyl/N-ethyl adjacent to an activating group) is 1. The Morgan fingerprint density at radius 3 is 2.90 bits per heavy atom. The Morgan fingerprint density at radius 2 is 2.19 bits per heavy atom. The molecule has 1 aromatic rings. The standard InChI is InChI=1S/C15H22ClN3O2/c1-18-7-8-19(11-14(18)20)15-12(4-3-5-13(15)16)10-17-6-9-21-2/h3-5,17H,6-11H2,1-2H3. The Balaban J connectivity index is 2.12. The van der Waals surface area contributed by atoms with Gasteiger partial charge < -0.3 is 19.9 Å². The molecule has 0 aromatic heterocycles. The van der Waals surface area contributed by atoms with E-state index in [1.165, 1.54) is 0 Å². The molecule has 1 fully saturated rings. The number of ether oxygens (including phenoxy) is 1. The molecule has 1 aliphatic rings. The van der Waals surface area contributed by atoms with Crippen molar-refractivity contribution in [2.24, 2.45) is 0 Å². The molecule has 0 spiro atoms. The first kappa shape index (κ1) is 16.1. The summed E-state index contributed by atoms with van der Waals surface area (Å²) in [5, 5.41) is 4.02. The van der Waals surface area contributed by atoms with E-state index >= 15 is 0 Å². The van der Waals surface area contributed by atoms with Gasteiger partial charge in [-0.3, -0.25) is 4.79 Å². The molecule has 0 bridgehead atoms. The van der Waals surface area contributed by atoms with Gasteiger partial charge in [0.15, 0.2) is 0 Å². The van der Waals surface area contributed by atoms with Crippen molar-refractivity contribution in [3.63, 3.8) is 0 Å². The number of nitrogens with zero attached hydrogens (tertiary/aromatic N) is 2. The van der Waals surface area contributed by atoms with Gasteiger partial charge >= 0.3 is 0 Å². The van der Waals surface area contributed by atoms with E-state index in [0.717, 1.165) is 30.9 Å². The van der Waals surface area contributed by atoms with Gasteiger partial charge in [0.2, 0.25) is 5.91 Å². The average Bonchev–Trinajstić information content (AvgIpc) is 2.47. The summed E-state index contributed by atoms with van der Waals surface area (Å²) in [7, 11) is 3.52. The molecule has 0 aliphatic carbocycles. The lowest BCUT2D eigenvalue weighted by atomic mass is 10.1. The van der Waals surface area contributed by atoms with Gasteiger partial charge in [0.1, 0.15) is 0 Å². The van der Waals surface area contributed by atoms with Crippen LogP contribution in [-0.4, -0.2) is 57.8 Å². The maximum Gasteiger partial charge on any atom is 0.241 e. The fourth-order valence-electron chi connectivity index (χ4n) is 2.40. The first-order valence-corrected chi connectivity index (χ1v) is 7.47. The number of rotatable bonds is 6. The molecule has 1 N–H and O–H groups in total. The fraction of sp³-hybridized carbons (Fsp3) is 0.533. The van der Waals surface area contributed by atoms with E-state index in [4.69, 9.17) is 16.3 Å². The molecule has 0 unspecified atom stereocenters. The monoisotopic (exact) mass is 311 g/mol. The molecule has 0 saturated carbocycles. The number of carbonyl (C=O) groups excluding carboxylic acids is 1. The van der Waals surface area contributed by atoms with Gasteiger partial charge in [-0.2, -0.15) is 0 Å². The van der Waals surface area contributed by atoms with Gasteiger partial charge in [-0.1, -0.05) is 23.7 Å². The number of amides is 1. The highest BCUT2D eigenvalue weighted by atomic mass is 35.5. The first-order valence-electron chi connectivity index (χ1n) is 7.09. The molecule has 1 heterocycles. The van der Waals surface area contributed by atoms with Crippen LogP contribution in [0.5, 0.6) is 0 Å². The predicted molar refractivity (Wildman–Crippen MR) is 84.9 cm³/mol. The lowest BCUT2D eigenvalue weighted by Crippen LogP contribution is -2.49. The van der Waals surface area contributed by atoms with Crippen molar-refractivity contribution in [2.45, 2.75) is 6.54 Å². The van der Waals surface area contributed by atoms with Crippen LogP contribution in [0.3, 0.4) is 0 Å². The van der Waals surface area contributed by atoms with Gasteiger partial charge in [0.25, 0.3) is 0 Å². The average molecular weight is 312 g/mol. The Kier molecular flexibility index (Phi) is 5.85. The highest BCUT2D eigenvalue weighted by Crippen LogP contribution is 2.30. The van der Waals surface area contributed by atoms with E-state index in [9.17, 15) is 4.79 Å². The summed E-state index contributed by atoms with van der Waals surface area (Å²) < 4.78 is 5.03. The smallest absolute Gasteiger partial charge is 0.241 e. The first-order chi connectivity index (χ1) is 10.1. The molecule has 116 valence electrons. The van der Waals surface area contributed by atoms with Gasteiger partial charge in [-0.15, -0.1) is 0 Å². The second-order valence-electron chi connectivity index (χ2n) is 5.15. The number of halogens is 1. The van der Waals surface area contributed by atoms with E-state index in [0.29, 0.717) is 24.7 Å². The van der Waals surface area contributed by atoms with E-state index in [1.807, 2.05) is 25.2 Å². The summed E-state index contributed by atoms with van der Waals surface area (Å²) in [4.78, 5) is 15.7. The van der Waals surface area contributed by atoms with Crippen LogP contribution in [0.25, 0.3) is 0 Å². The summed E-state index contributed by atoms with van der Waals surface area (Å²) in [5.41, 5.74) is 2.07. The quantitative estimate of drug-likeness (QED) is 0.806. The summed E-state index contributed by atoms with van der Waals surface area (Å²) >= 11 is 6.37. The molecule has 21 heavy (non-hydrogen) atoms. The minimum absolute atomic E-state index is 0.125. The van der Waals surface area contributed by atoms with Crippen LogP contribution < -0.4 is 10.2 Å². The van der Waals surface area contributed by atoms with Crippen molar-refractivity contribution < 1.29 is 9.53 Å². The Morgan fingerprint density at radius 1 is 1.38 bits per heavy atom. The molecule has 1 aliphatic heterocycles. The summed E-state index contributed by atoms with van der Waals surface area (Å²) in [6.07, 6.45) is 0. The summed E-state index contributed by atoms with van der Waals surface area (Å²) in [6, 6.07) is 5.86. The number of piperazine rings is 1. The van der Waals surface area contributed by atoms with Crippen LogP contribution in [0.2, 0.25) is 5.02 Å². The van der Waals surface area contributed by atoms with Crippen LogP contribution in [0.4, 0.5) is 5.69 Å². The maximum absolute atomic E-state index is 11.9. The van der Waals surface area contributed by atoms with Crippen LogP contribution >= 0.6 is 11.6 Å². The third-order valence-electron chi connectivity index (χ3n) is 3.64. The minimum Gasteiger partial charge on any atom is -0.383 e. The normalized spacial score (nSPS) is 15.7. The number of anilines is 1. The molecular weight excluding hydrogens is 290 g/mol. The molecule has 0 radical (unpaired) electrons. The van der Waals surface area contributed by atoms with Crippen molar-refractivity contribution in [1.29, 1.82) is 0 Å². The summed E-state index contributed by atoms with van der Waals surface area (Å²) in [5.74, 6) is 0.125. The number of benzene rings is 1. The van der Waals surface area contributed by atoms with E-state index in [-0.39, 0.29) is 5.91 Å². The van der Waals surface area contributed by atoms with Crippen molar-refractivity contribution in [3.8, 4) is 0 Å². The minimum atomic E-state index is 0.125. The fourth-order valence-corrected chi connectivity index (χ4v) is 2.72. The molecule has 1 amide bonds. The van der Waals surface area contributed by atoms with Crippen molar-refractivity contribution in [1.82, 2.24) is 10.2 Å². The van der Waals surface area contributed by atoms with Gasteiger partial charge in [0.05, 0.1) is 23.9 Å². The SMILES string of the molecule is COCCNCc1cccc(Cl)c1N1CCN(C)C(=O)C1. The molecule has 2 rings (SSSR count). The summed E-state index contributed by atoms with van der Waals surface area (Å²) in [6.45, 7) is 4.07. The zero-order valence-corrected chi connectivity index (χ0v) is 13.3. The number of nitrogens with one attached hydrogen (secondary N) is 1. The molecule has 5 nitrogen and oxygen atoms in total. The van der Waals surface area contributed by atoms with Crippen LogP contribution in [-0.2, 0) is 16.1 Å². The highest BCUT2D eigenvalue weighted by molar-refractivity contribution is 6.33. The molecule has 1 aromatic carbocycles.